The van der Waals surface area contributed by atoms with Crippen molar-refractivity contribution in [3.63, 3.8) is 0 Å². The normalized spacial score (nSPS) is 10.9. The van der Waals surface area contributed by atoms with E-state index in [4.69, 9.17) is 25.8 Å². The summed E-state index contributed by atoms with van der Waals surface area (Å²) in [7, 11) is 0.193. The number of amides is 1. The van der Waals surface area contributed by atoms with Crippen LogP contribution in [-0.4, -0.2) is 35.7 Å². The molecule has 2 N–H and O–H groups in total. The van der Waals surface area contributed by atoms with Crippen LogP contribution in [0, 0.1) is 0 Å². The Bertz CT molecular complexity index is 892. The van der Waals surface area contributed by atoms with E-state index < -0.39 is 15.9 Å². The van der Waals surface area contributed by atoms with Gasteiger partial charge in [-0.1, -0.05) is 23.7 Å². The first-order valence-electron chi connectivity index (χ1n) is 7.20. The summed E-state index contributed by atoms with van der Waals surface area (Å²) in [6.07, 6.45) is 0. The third kappa shape index (κ3) is 4.18. The van der Waals surface area contributed by atoms with Gasteiger partial charge in [-0.2, -0.15) is 0 Å². The summed E-state index contributed by atoms with van der Waals surface area (Å²) in [5.41, 5.74) is 2.22. The molecule has 10 heteroatoms. The number of ether oxygens (including phenoxy) is 3. The van der Waals surface area contributed by atoms with Crippen LogP contribution in [0.4, 0.5) is 0 Å². The number of halogens is 1. The third-order valence-corrected chi connectivity index (χ3v) is 5.10. The molecule has 140 valence electrons. The highest BCUT2D eigenvalue weighted by molar-refractivity contribution is 7.89. The van der Waals surface area contributed by atoms with Gasteiger partial charge in [-0.15, -0.1) is 4.83 Å². The van der Waals surface area contributed by atoms with Gasteiger partial charge in [0, 0.05) is 5.56 Å². The fraction of sp³-hybridized carbons (Fsp3) is 0.188. The topological polar surface area (TPSA) is 103 Å². The standard InChI is InChI=1S/C16H17ClN2O6S/c1-23-12-8-10(9-13(24-2)15(12)25-3)16(20)18-19-26(21,22)14-7-5-4-6-11(14)17/h4-9,19H,1-3H3,(H,18,20). The molecule has 0 unspecified atom stereocenters. The lowest BCUT2D eigenvalue weighted by atomic mass is 10.1. The second-order valence-electron chi connectivity index (χ2n) is 4.90. The predicted octanol–water partition coefficient (Wildman–Crippen LogP) is 1.99. The second-order valence-corrected chi connectivity index (χ2v) is 6.96. The Hall–Kier alpha value is -2.49. The highest BCUT2D eigenvalue weighted by atomic mass is 35.5. The van der Waals surface area contributed by atoms with E-state index in [-0.39, 0.29) is 27.0 Å². The average Bonchev–Trinajstić information content (AvgIpc) is 2.64. The van der Waals surface area contributed by atoms with E-state index >= 15 is 0 Å². The largest absolute Gasteiger partial charge is 0.493 e. The van der Waals surface area contributed by atoms with E-state index in [0.717, 1.165) is 0 Å². The van der Waals surface area contributed by atoms with Gasteiger partial charge < -0.3 is 14.2 Å². The quantitative estimate of drug-likeness (QED) is 0.689. The molecule has 2 aromatic rings. The first kappa shape index (κ1) is 19.8. The number of nitrogens with one attached hydrogen (secondary N) is 2. The van der Waals surface area contributed by atoms with Crippen LogP contribution in [-0.2, 0) is 10.0 Å². The summed E-state index contributed by atoms with van der Waals surface area (Å²) in [6.45, 7) is 0. The highest BCUT2D eigenvalue weighted by Gasteiger charge is 2.21. The minimum absolute atomic E-state index is 0.0297. The molecule has 2 rings (SSSR count). The number of rotatable bonds is 7. The predicted molar refractivity (Wildman–Crippen MR) is 95.3 cm³/mol. The number of hydrogen-bond donors (Lipinski definition) is 2. The average molecular weight is 401 g/mol. The molecular weight excluding hydrogens is 384 g/mol. The molecule has 0 spiro atoms. The van der Waals surface area contributed by atoms with E-state index in [1.54, 1.807) is 6.07 Å². The summed E-state index contributed by atoms with van der Waals surface area (Å²) in [4.78, 5) is 14.2. The van der Waals surface area contributed by atoms with Crippen molar-refractivity contribution in [2.24, 2.45) is 0 Å². The minimum atomic E-state index is -4.04. The maximum atomic E-state index is 12.3. The molecular formula is C16H17ClN2O6S. The first-order valence-corrected chi connectivity index (χ1v) is 9.06. The summed E-state index contributed by atoms with van der Waals surface area (Å²) in [5.74, 6) is 0.0972. The molecule has 0 saturated carbocycles. The van der Waals surface area contributed by atoms with Crippen molar-refractivity contribution < 1.29 is 27.4 Å². The summed E-state index contributed by atoms with van der Waals surface area (Å²) in [6, 6.07) is 8.63. The zero-order chi connectivity index (χ0) is 19.3. The van der Waals surface area contributed by atoms with Crippen molar-refractivity contribution in [1.82, 2.24) is 10.3 Å². The molecule has 0 bridgehead atoms. The van der Waals surface area contributed by atoms with Crippen LogP contribution in [0.25, 0.3) is 0 Å². The number of methoxy groups -OCH3 is 3. The Morgan fingerprint density at radius 3 is 2.08 bits per heavy atom. The van der Waals surface area contributed by atoms with Crippen LogP contribution in [0.1, 0.15) is 10.4 Å². The van der Waals surface area contributed by atoms with Gasteiger partial charge in [-0.25, -0.2) is 8.42 Å². The Kier molecular flexibility index (Phi) is 6.30. The highest BCUT2D eigenvalue weighted by Crippen LogP contribution is 2.38. The summed E-state index contributed by atoms with van der Waals surface area (Å²) < 4.78 is 40.0. The van der Waals surface area contributed by atoms with E-state index in [0.29, 0.717) is 5.75 Å². The Morgan fingerprint density at radius 1 is 1.00 bits per heavy atom. The second kappa shape index (κ2) is 8.26. The molecule has 26 heavy (non-hydrogen) atoms. The lowest BCUT2D eigenvalue weighted by Crippen LogP contribution is -2.41. The van der Waals surface area contributed by atoms with Crippen molar-refractivity contribution in [2.45, 2.75) is 4.90 Å². The third-order valence-electron chi connectivity index (χ3n) is 3.35. The smallest absolute Gasteiger partial charge is 0.266 e. The van der Waals surface area contributed by atoms with Crippen molar-refractivity contribution in [2.75, 3.05) is 21.3 Å². The number of carbonyl (C=O) groups excluding carboxylic acids is 1. The monoisotopic (exact) mass is 400 g/mol. The Labute approximate surface area is 156 Å². The van der Waals surface area contributed by atoms with E-state index in [2.05, 4.69) is 5.43 Å². The Balaban J connectivity index is 2.24. The van der Waals surface area contributed by atoms with Gasteiger partial charge in [0.2, 0.25) is 5.75 Å². The molecule has 0 aromatic heterocycles. The van der Waals surface area contributed by atoms with Gasteiger partial charge in [-0.3, -0.25) is 10.2 Å². The maximum absolute atomic E-state index is 12.3. The van der Waals surface area contributed by atoms with Crippen molar-refractivity contribution in [3.8, 4) is 17.2 Å². The fourth-order valence-electron chi connectivity index (χ4n) is 2.12. The van der Waals surface area contributed by atoms with Crippen LogP contribution in [0.15, 0.2) is 41.3 Å². The fourth-order valence-corrected chi connectivity index (χ4v) is 3.48. The molecule has 0 radical (unpaired) electrons. The molecule has 0 aliphatic rings. The van der Waals surface area contributed by atoms with Crippen LogP contribution in [0.3, 0.4) is 0 Å². The van der Waals surface area contributed by atoms with Gasteiger partial charge >= 0.3 is 0 Å². The van der Waals surface area contributed by atoms with Crippen molar-refractivity contribution >= 4 is 27.5 Å². The lowest BCUT2D eigenvalue weighted by molar-refractivity contribution is 0.0944. The Morgan fingerprint density at radius 2 is 1.58 bits per heavy atom. The zero-order valence-electron chi connectivity index (χ0n) is 14.2. The van der Waals surface area contributed by atoms with E-state index in [1.165, 1.54) is 51.7 Å². The molecule has 2 aromatic carbocycles. The van der Waals surface area contributed by atoms with Crippen LogP contribution < -0.4 is 24.5 Å². The summed E-state index contributed by atoms with van der Waals surface area (Å²) >= 11 is 5.87. The molecule has 0 atom stereocenters. The number of benzene rings is 2. The minimum Gasteiger partial charge on any atom is -0.493 e. The van der Waals surface area contributed by atoms with Crippen molar-refractivity contribution in [3.05, 3.63) is 47.0 Å². The number of hydrogen-bond acceptors (Lipinski definition) is 6. The maximum Gasteiger partial charge on any atom is 0.266 e. The first-order chi connectivity index (χ1) is 12.3. The molecule has 0 aliphatic heterocycles. The number of sulfonamides is 1. The molecule has 0 saturated heterocycles. The number of carbonyl (C=O) groups is 1. The molecule has 8 nitrogen and oxygen atoms in total. The van der Waals surface area contributed by atoms with Gasteiger partial charge in [0.05, 0.1) is 26.4 Å². The zero-order valence-corrected chi connectivity index (χ0v) is 15.8. The summed E-state index contributed by atoms with van der Waals surface area (Å²) in [5, 5.41) is 0.0297. The van der Waals surface area contributed by atoms with Gasteiger partial charge in [0.15, 0.2) is 11.5 Å². The molecule has 0 fully saturated rings. The van der Waals surface area contributed by atoms with Gasteiger partial charge in [0.1, 0.15) is 4.90 Å². The number of hydrazine groups is 1. The van der Waals surface area contributed by atoms with Crippen LogP contribution >= 0.6 is 11.6 Å². The SMILES string of the molecule is COc1cc(C(=O)NNS(=O)(=O)c2ccccc2Cl)cc(OC)c1OC. The molecule has 0 aliphatic carbocycles. The van der Waals surface area contributed by atoms with E-state index in [1.807, 2.05) is 4.83 Å². The lowest BCUT2D eigenvalue weighted by Gasteiger charge is -2.14. The molecule has 0 heterocycles. The van der Waals surface area contributed by atoms with E-state index in [9.17, 15) is 13.2 Å². The molecule has 1 amide bonds. The van der Waals surface area contributed by atoms with Gasteiger partial charge in [-0.05, 0) is 24.3 Å². The van der Waals surface area contributed by atoms with Gasteiger partial charge in [0.25, 0.3) is 15.9 Å². The van der Waals surface area contributed by atoms with Crippen molar-refractivity contribution in [1.29, 1.82) is 0 Å². The van der Waals surface area contributed by atoms with Crippen LogP contribution in [0.5, 0.6) is 17.2 Å². The van der Waals surface area contributed by atoms with Crippen LogP contribution in [0.2, 0.25) is 5.02 Å².